The molecule has 5 nitrogen and oxygen atoms in total. The molecule has 0 bridgehead atoms. The number of nitrogens with zero attached hydrogens (tertiary/aromatic N) is 2. The number of halogens is 1. The predicted octanol–water partition coefficient (Wildman–Crippen LogP) is 2.98. The molecule has 1 saturated carbocycles. The lowest BCUT2D eigenvalue weighted by Gasteiger charge is -2.04. The Hall–Kier alpha value is -0.990. The second-order valence-corrected chi connectivity index (χ2v) is 7.75. The summed E-state index contributed by atoms with van der Waals surface area (Å²) in [5, 5.41) is 2.32. The Labute approximate surface area is 123 Å². The Bertz CT molecular complexity index is 710. The molecule has 1 aliphatic rings. The van der Waals surface area contributed by atoms with E-state index in [9.17, 15) is 8.42 Å². The van der Waals surface area contributed by atoms with Gasteiger partial charge in [0.05, 0.1) is 5.69 Å². The van der Waals surface area contributed by atoms with Crippen LogP contribution >= 0.6 is 27.3 Å². The van der Waals surface area contributed by atoms with E-state index >= 15 is 0 Å². The maximum absolute atomic E-state index is 12.1. The molecule has 0 radical (unpaired) electrons. The maximum atomic E-state index is 12.1. The summed E-state index contributed by atoms with van der Waals surface area (Å²) in [7, 11) is -3.62. The Kier molecular flexibility index (Phi) is 3.32. The zero-order valence-corrected chi connectivity index (χ0v) is 12.9. The first-order valence-corrected chi connectivity index (χ1v) is 8.79. The average Bonchev–Trinajstić information content (AvgIpc) is 3.11. The van der Waals surface area contributed by atoms with Crippen molar-refractivity contribution in [3.8, 4) is 0 Å². The number of pyridine rings is 1. The maximum Gasteiger partial charge on any atom is 0.265 e. The van der Waals surface area contributed by atoms with Gasteiger partial charge in [-0.25, -0.2) is 13.4 Å². The third-order valence-electron chi connectivity index (χ3n) is 2.73. The molecule has 2 aromatic rings. The van der Waals surface area contributed by atoms with Crippen LogP contribution in [0.15, 0.2) is 33.2 Å². The normalized spacial score (nSPS) is 15.4. The highest BCUT2D eigenvalue weighted by Crippen LogP contribution is 2.41. The predicted molar refractivity (Wildman–Crippen MR) is 76.8 cm³/mol. The summed E-state index contributed by atoms with van der Waals surface area (Å²) in [5.74, 6) is 0.516. The lowest BCUT2D eigenvalue weighted by molar-refractivity contribution is 0.600. The van der Waals surface area contributed by atoms with Crippen LogP contribution in [0.3, 0.4) is 0 Å². The van der Waals surface area contributed by atoms with Gasteiger partial charge in [-0.15, -0.1) is 11.3 Å². The van der Waals surface area contributed by atoms with Gasteiger partial charge >= 0.3 is 0 Å². The molecule has 100 valence electrons. The highest BCUT2D eigenvalue weighted by molar-refractivity contribution is 9.10. The average molecular weight is 360 g/mol. The molecular weight excluding hydrogens is 350 g/mol. The van der Waals surface area contributed by atoms with Gasteiger partial charge < -0.3 is 0 Å². The van der Waals surface area contributed by atoms with Crippen molar-refractivity contribution >= 4 is 42.4 Å². The van der Waals surface area contributed by atoms with E-state index in [0.717, 1.165) is 18.5 Å². The lowest BCUT2D eigenvalue weighted by Crippen LogP contribution is -2.13. The molecular formula is C11H10BrN3O2S2. The lowest BCUT2D eigenvalue weighted by atomic mass is 10.3. The van der Waals surface area contributed by atoms with Gasteiger partial charge in [0.2, 0.25) is 0 Å². The summed E-state index contributed by atoms with van der Waals surface area (Å²) in [6.45, 7) is 0. The van der Waals surface area contributed by atoms with Gasteiger partial charge in [0.15, 0.2) is 5.13 Å². The smallest absolute Gasteiger partial charge is 0.262 e. The van der Waals surface area contributed by atoms with Crippen LogP contribution in [0.2, 0.25) is 0 Å². The van der Waals surface area contributed by atoms with E-state index in [1.165, 1.54) is 29.8 Å². The number of anilines is 1. The number of thiazole rings is 1. The van der Waals surface area contributed by atoms with Crippen LogP contribution < -0.4 is 4.72 Å². The largest absolute Gasteiger partial charge is 0.265 e. The second kappa shape index (κ2) is 4.84. The van der Waals surface area contributed by atoms with Crippen molar-refractivity contribution in [2.75, 3.05) is 4.72 Å². The Morgan fingerprint density at radius 3 is 2.84 bits per heavy atom. The van der Waals surface area contributed by atoms with E-state index in [4.69, 9.17) is 0 Å². The van der Waals surface area contributed by atoms with Crippen LogP contribution in [-0.4, -0.2) is 18.4 Å². The highest BCUT2D eigenvalue weighted by Gasteiger charge is 2.27. The molecule has 3 rings (SSSR count). The first kappa shape index (κ1) is 13.0. The minimum Gasteiger partial charge on any atom is -0.262 e. The van der Waals surface area contributed by atoms with Crippen molar-refractivity contribution in [3.05, 3.63) is 34.0 Å². The first-order chi connectivity index (χ1) is 9.04. The van der Waals surface area contributed by atoms with E-state index in [2.05, 4.69) is 30.6 Å². The SMILES string of the molecule is O=S(=O)(Nc1nc(C2CC2)cs1)c1cncc(Br)c1. The molecule has 0 aromatic carbocycles. The molecule has 0 spiro atoms. The molecule has 1 fully saturated rings. The quantitative estimate of drug-likeness (QED) is 0.910. The van der Waals surface area contributed by atoms with Crippen LogP contribution in [-0.2, 0) is 10.0 Å². The van der Waals surface area contributed by atoms with Crippen molar-refractivity contribution in [2.24, 2.45) is 0 Å². The number of sulfonamides is 1. The van der Waals surface area contributed by atoms with Gasteiger partial charge in [-0.1, -0.05) is 0 Å². The van der Waals surface area contributed by atoms with Gasteiger partial charge in [0.1, 0.15) is 4.90 Å². The monoisotopic (exact) mass is 359 g/mol. The van der Waals surface area contributed by atoms with Crippen LogP contribution in [0.1, 0.15) is 24.5 Å². The van der Waals surface area contributed by atoms with Crippen LogP contribution in [0.25, 0.3) is 0 Å². The zero-order valence-electron chi connectivity index (χ0n) is 9.71. The number of hydrogen-bond acceptors (Lipinski definition) is 5. The van der Waals surface area contributed by atoms with Crippen LogP contribution in [0.4, 0.5) is 5.13 Å². The second-order valence-electron chi connectivity index (χ2n) is 4.30. The van der Waals surface area contributed by atoms with Gasteiger partial charge in [0.25, 0.3) is 10.0 Å². The first-order valence-electron chi connectivity index (χ1n) is 5.63. The molecule has 2 heterocycles. The third kappa shape index (κ3) is 2.96. The van der Waals surface area contributed by atoms with Crippen molar-refractivity contribution in [3.63, 3.8) is 0 Å². The summed E-state index contributed by atoms with van der Waals surface area (Å²) in [6.07, 6.45) is 5.13. The topological polar surface area (TPSA) is 72.0 Å². The fourth-order valence-corrected chi connectivity index (χ4v) is 4.16. The Balaban J connectivity index is 1.84. The molecule has 0 aliphatic heterocycles. The number of rotatable bonds is 4. The summed E-state index contributed by atoms with van der Waals surface area (Å²) in [4.78, 5) is 8.27. The summed E-state index contributed by atoms with van der Waals surface area (Å²) in [6, 6.07) is 1.50. The number of hydrogen-bond donors (Lipinski definition) is 1. The van der Waals surface area contributed by atoms with Crippen molar-refractivity contribution in [1.82, 2.24) is 9.97 Å². The summed E-state index contributed by atoms with van der Waals surface area (Å²) in [5.41, 5.74) is 0.982. The molecule has 19 heavy (non-hydrogen) atoms. The minimum atomic E-state index is -3.62. The molecule has 0 unspecified atom stereocenters. The van der Waals surface area contributed by atoms with Gasteiger partial charge in [0, 0.05) is 28.2 Å². The number of aromatic nitrogens is 2. The van der Waals surface area contributed by atoms with Crippen LogP contribution in [0.5, 0.6) is 0 Å². The van der Waals surface area contributed by atoms with E-state index < -0.39 is 10.0 Å². The molecule has 0 saturated heterocycles. The van der Waals surface area contributed by atoms with Gasteiger partial charge in [-0.2, -0.15) is 0 Å². The van der Waals surface area contributed by atoms with E-state index in [1.54, 1.807) is 0 Å². The standard InChI is InChI=1S/C11H10BrN3O2S2/c12-8-3-9(5-13-4-8)19(16,17)15-11-14-10(6-18-11)7-1-2-7/h3-7H,1-2H2,(H,14,15). The van der Waals surface area contributed by atoms with Crippen molar-refractivity contribution in [1.29, 1.82) is 0 Å². The van der Waals surface area contributed by atoms with Crippen molar-refractivity contribution in [2.45, 2.75) is 23.7 Å². The molecule has 0 atom stereocenters. The molecule has 1 aliphatic carbocycles. The van der Waals surface area contributed by atoms with E-state index in [0.29, 0.717) is 15.5 Å². The molecule has 1 N–H and O–H groups in total. The minimum absolute atomic E-state index is 0.116. The molecule has 8 heteroatoms. The number of nitrogens with one attached hydrogen (secondary N) is 1. The molecule has 2 aromatic heterocycles. The van der Waals surface area contributed by atoms with E-state index in [-0.39, 0.29) is 4.90 Å². The van der Waals surface area contributed by atoms with Gasteiger partial charge in [-0.05, 0) is 34.8 Å². The molecule has 0 amide bonds. The van der Waals surface area contributed by atoms with Gasteiger partial charge in [-0.3, -0.25) is 9.71 Å². The Morgan fingerprint density at radius 1 is 1.37 bits per heavy atom. The van der Waals surface area contributed by atoms with Crippen LogP contribution in [0, 0.1) is 0 Å². The summed E-state index contributed by atoms with van der Waals surface area (Å²) >= 11 is 4.51. The summed E-state index contributed by atoms with van der Waals surface area (Å²) < 4.78 is 27.4. The van der Waals surface area contributed by atoms with E-state index in [1.807, 2.05) is 5.38 Å². The van der Waals surface area contributed by atoms with Crippen molar-refractivity contribution < 1.29 is 8.42 Å². The fourth-order valence-electron chi connectivity index (χ4n) is 1.61. The fraction of sp³-hybridized carbons (Fsp3) is 0.273. The highest BCUT2D eigenvalue weighted by atomic mass is 79.9. The Morgan fingerprint density at radius 2 is 2.16 bits per heavy atom. The third-order valence-corrected chi connectivity index (χ3v) is 5.37. The zero-order chi connectivity index (χ0) is 13.5.